The molecule has 1 fully saturated rings. The van der Waals surface area contributed by atoms with E-state index in [2.05, 4.69) is 11.7 Å². The Labute approximate surface area is 47.7 Å². The van der Waals surface area contributed by atoms with E-state index in [1.807, 2.05) is 0 Å². The molecule has 0 saturated heterocycles. The molecule has 0 spiro atoms. The van der Waals surface area contributed by atoms with Crippen LogP contribution in [0.4, 0.5) is 0 Å². The Morgan fingerprint density at radius 1 is 1.38 bits per heavy atom. The van der Waals surface area contributed by atoms with E-state index in [9.17, 15) is 0 Å². The Morgan fingerprint density at radius 2 is 1.75 bits per heavy atom. The lowest BCUT2D eigenvalue weighted by Gasteiger charge is -2.06. The summed E-state index contributed by atoms with van der Waals surface area (Å²) in [6.07, 6.45) is 0.531. The van der Waals surface area contributed by atoms with Crippen molar-refractivity contribution < 1.29 is 0 Å². The molecule has 0 amide bonds. The van der Waals surface area contributed by atoms with E-state index < -0.39 is 11.3 Å². The maximum absolute atomic E-state index is 5.44. The van der Waals surface area contributed by atoms with Crippen LogP contribution in [0.3, 0.4) is 0 Å². The highest BCUT2D eigenvalue weighted by molar-refractivity contribution is 5.33. The van der Waals surface area contributed by atoms with Gasteiger partial charge in [-0.15, -0.1) is 0 Å². The summed E-state index contributed by atoms with van der Waals surface area (Å²) >= 11 is 0. The molecule has 4 nitrogen and oxygen atoms in total. The molecule has 1 rings (SSSR count). The van der Waals surface area contributed by atoms with E-state index in [4.69, 9.17) is 17.2 Å². The second kappa shape index (κ2) is 1.10. The fourth-order valence-corrected chi connectivity index (χ4v) is 0.605. The minimum Gasteiger partial charge on any atom is -0.310 e. The van der Waals surface area contributed by atoms with Crippen molar-refractivity contribution in [1.82, 2.24) is 0 Å². The van der Waals surface area contributed by atoms with Crippen molar-refractivity contribution in [2.24, 2.45) is 22.2 Å². The van der Waals surface area contributed by atoms with Gasteiger partial charge in [-0.2, -0.15) is 0 Å². The Bertz CT molecular complexity index is 130. The second-order valence-corrected chi connectivity index (χ2v) is 2.30. The number of hydrogen-bond donors (Lipinski definition) is 3. The Balaban J connectivity index is 2.68. The Kier molecular flexibility index (Phi) is 0.781. The number of hydrogen-bond acceptors (Lipinski definition) is 4. The van der Waals surface area contributed by atoms with Gasteiger partial charge in [-0.3, -0.25) is 4.99 Å². The average Bonchev–Trinajstić information content (AvgIpc) is 2.10. The molecule has 1 aliphatic rings. The molecule has 0 aromatic carbocycles. The van der Waals surface area contributed by atoms with Gasteiger partial charge in [0.25, 0.3) is 0 Å². The molecule has 4 heteroatoms. The fraction of sp³-hybridized carbons (Fsp3) is 0.750. The van der Waals surface area contributed by atoms with Crippen LogP contribution >= 0.6 is 0 Å². The summed E-state index contributed by atoms with van der Waals surface area (Å²) in [6.45, 7) is 3.26. The standard InChI is InChI=1S/C4H10N4/c1-8-4(7)2-3(4,5)6/h1-2,5-7H2. The van der Waals surface area contributed by atoms with Crippen molar-refractivity contribution in [2.45, 2.75) is 17.7 Å². The minimum absolute atomic E-state index is 0.531. The predicted octanol–water partition coefficient (Wildman–Crippen LogP) is -1.64. The molecule has 1 saturated carbocycles. The molecule has 0 radical (unpaired) electrons. The Morgan fingerprint density at radius 3 is 1.75 bits per heavy atom. The smallest absolute Gasteiger partial charge is 0.142 e. The zero-order valence-electron chi connectivity index (χ0n) is 4.59. The first-order chi connectivity index (χ1) is 3.52. The predicted molar refractivity (Wildman–Crippen MR) is 32.2 cm³/mol. The van der Waals surface area contributed by atoms with E-state index in [1.54, 1.807) is 0 Å². The van der Waals surface area contributed by atoms with Crippen LogP contribution in [0.1, 0.15) is 6.42 Å². The third kappa shape index (κ3) is 0.475. The summed E-state index contributed by atoms with van der Waals surface area (Å²) in [6, 6.07) is 0. The highest BCUT2D eigenvalue weighted by Crippen LogP contribution is 2.38. The zero-order valence-corrected chi connectivity index (χ0v) is 4.59. The quantitative estimate of drug-likeness (QED) is 0.282. The minimum atomic E-state index is -0.797. The van der Waals surface area contributed by atoms with Gasteiger partial charge in [-0.25, -0.2) is 0 Å². The van der Waals surface area contributed by atoms with Gasteiger partial charge in [0.1, 0.15) is 11.3 Å². The van der Waals surface area contributed by atoms with Gasteiger partial charge in [-0.1, -0.05) is 0 Å². The summed E-state index contributed by atoms with van der Waals surface area (Å²) in [5, 5.41) is 0. The topological polar surface area (TPSA) is 90.4 Å². The van der Waals surface area contributed by atoms with E-state index in [0.717, 1.165) is 0 Å². The van der Waals surface area contributed by atoms with E-state index in [-0.39, 0.29) is 0 Å². The van der Waals surface area contributed by atoms with Crippen LogP contribution in [-0.4, -0.2) is 18.0 Å². The van der Waals surface area contributed by atoms with Crippen molar-refractivity contribution in [1.29, 1.82) is 0 Å². The van der Waals surface area contributed by atoms with Gasteiger partial charge in [0.15, 0.2) is 0 Å². The lowest BCUT2D eigenvalue weighted by molar-refractivity contribution is 0.564. The number of rotatable bonds is 1. The van der Waals surface area contributed by atoms with Crippen LogP contribution in [0.15, 0.2) is 4.99 Å². The van der Waals surface area contributed by atoms with Gasteiger partial charge < -0.3 is 17.2 Å². The molecule has 8 heavy (non-hydrogen) atoms. The third-order valence-electron chi connectivity index (χ3n) is 1.53. The molecule has 0 aromatic heterocycles. The van der Waals surface area contributed by atoms with Crippen molar-refractivity contribution in [3.05, 3.63) is 0 Å². The molecule has 0 aliphatic heterocycles. The lowest BCUT2D eigenvalue weighted by Crippen LogP contribution is -2.46. The monoisotopic (exact) mass is 114 g/mol. The summed E-state index contributed by atoms with van der Waals surface area (Å²) in [5.41, 5.74) is 14.7. The molecule has 0 heterocycles. The van der Waals surface area contributed by atoms with Crippen molar-refractivity contribution in [3.8, 4) is 0 Å². The van der Waals surface area contributed by atoms with Gasteiger partial charge in [-0.05, 0) is 6.72 Å². The highest BCUT2D eigenvalue weighted by atomic mass is 15.3. The maximum atomic E-state index is 5.44. The number of aliphatic imine (C=N–C) groups is 1. The van der Waals surface area contributed by atoms with Gasteiger partial charge in [0.2, 0.25) is 0 Å². The first kappa shape index (κ1) is 5.68. The maximum Gasteiger partial charge on any atom is 0.142 e. The molecular formula is C4H10N4. The normalized spacial score (nSPS) is 41.4. The summed E-state index contributed by atoms with van der Waals surface area (Å²) in [7, 11) is 0. The second-order valence-electron chi connectivity index (χ2n) is 2.30. The summed E-state index contributed by atoms with van der Waals surface area (Å²) in [5.74, 6) is 0. The van der Waals surface area contributed by atoms with Crippen LogP contribution in [0.25, 0.3) is 0 Å². The highest BCUT2D eigenvalue weighted by Gasteiger charge is 2.60. The largest absolute Gasteiger partial charge is 0.310 e. The molecule has 46 valence electrons. The van der Waals surface area contributed by atoms with E-state index in [1.165, 1.54) is 0 Å². The molecule has 1 unspecified atom stereocenters. The van der Waals surface area contributed by atoms with Crippen LogP contribution < -0.4 is 17.2 Å². The number of nitrogens with zero attached hydrogens (tertiary/aromatic N) is 1. The van der Waals surface area contributed by atoms with Crippen molar-refractivity contribution in [3.63, 3.8) is 0 Å². The average molecular weight is 114 g/mol. The van der Waals surface area contributed by atoms with Crippen LogP contribution in [0, 0.1) is 0 Å². The molecular weight excluding hydrogens is 104 g/mol. The van der Waals surface area contributed by atoms with Crippen LogP contribution in [0.5, 0.6) is 0 Å². The van der Waals surface area contributed by atoms with E-state index >= 15 is 0 Å². The first-order valence-corrected chi connectivity index (χ1v) is 2.36. The fourth-order valence-electron chi connectivity index (χ4n) is 0.605. The molecule has 6 N–H and O–H groups in total. The van der Waals surface area contributed by atoms with Crippen LogP contribution in [-0.2, 0) is 0 Å². The van der Waals surface area contributed by atoms with Gasteiger partial charge in [0.05, 0.1) is 0 Å². The van der Waals surface area contributed by atoms with E-state index in [0.29, 0.717) is 6.42 Å². The molecule has 0 aromatic rings. The van der Waals surface area contributed by atoms with Gasteiger partial charge >= 0.3 is 0 Å². The third-order valence-corrected chi connectivity index (χ3v) is 1.53. The summed E-state index contributed by atoms with van der Waals surface area (Å²) in [4.78, 5) is 3.56. The molecule has 0 bridgehead atoms. The van der Waals surface area contributed by atoms with Crippen molar-refractivity contribution in [2.75, 3.05) is 0 Å². The molecule has 1 atom stereocenters. The molecule has 1 aliphatic carbocycles. The van der Waals surface area contributed by atoms with Crippen LogP contribution in [0.2, 0.25) is 0 Å². The summed E-state index contributed by atoms with van der Waals surface area (Å²) < 4.78 is 0. The lowest BCUT2D eigenvalue weighted by atomic mass is 10.4. The van der Waals surface area contributed by atoms with Gasteiger partial charge in [0, 0.05) is 6.42 Å². The Hall–Kier alpha value is -0.450. The first-order valence-electron chi connectivity index (χ1n) is 2.36. The zero-order chi connectivity index (χ0) is 6.41. The SMILES string of the molecule is C=NC1(N)CC1(N)N. The van der Waals surface area contributed by atoms with Crippen molar-refractivity contribution >= 4 is 6.72 Å². The number of nitrogens with two attached hydrogens (primary N) is 3.